The highest BCUT2D eigenvalue weighted by atomic mass is 16.5. The third kappa shape index (κ3) is 4.39. The van der Waals surface area contributed by atoms with Crippen LogP contribution in [0.5, 0.6) is 0 Å². The lowest BCUT2D eigenvalue weighted by Gasteiger charge is -2.62. The van der Waals surface area contributed by atoms with E-state index in [0.29, 0.717) is 41.9 Å². The summed E-state index contributed by atoms with van der Waals surface area (Å²) in [5.74, 6) is 1.75. The molecule has 10 atom stereocenters. The molecule has 4 aliphatic carbocycles. The van der Waals surface area contributed by atoms with Crippen molar-refractivity contribution in [1.29, 1.82) is 0 Å². The Bertz CT molecular complexity index is 809. The molecule has 4 saturated carbocycles. The number of hydrogen-bond acceptors (Lipinski definition) is 5. The number of rotatable bonds is 6. The van der Waals surface area contributed by atoms with Gasteiger partial charge >= 0.3 is 17.9 Å². The van der Waals surface area contributed by atoms with Crippen molar-refractivity contribution in [3.63, 3.8) is 0 Å². The molecule has 0 aliphatic heterocycles. The van der Waals surface area contributed by atoms with Crippen molar-refractivity contribution in [3.05, 3.63) is 0 Å². The van der Waals surface area contributed by atoms with Gasteiger partial charge < -0.3 is 14.6 Å². The molecule has 0 saturated heterocycles. The van der Waals surface area contributed by atoms with Gasteiger partial charge in [0.1, 0.15) is 12.2 Å². The van der Waals surface area contributed by atoms with Crippen LogP contribution in [0, 0.1) is 46.3 Å². The van der Waals surface area contributed by atoms with Crippen molar-refractivity contribution < 1.29 is 29.0 Å². The highest BCUT2D eigenvalue weighted by Gasteiger charge is 2.65. The average Bonchev–Trinajstić information content (AvgIpc) is 3.10. The Balaban J connectivity index is 1.60. The Labute approximate surface area is 204 Å². The maximum Gasteiger partial charge on any atom is 0.303 e. The van der Waals surface area contributed by atoms with E-state index in [4.69, 9.17) is 9.47 Å². The fraction of sp³-hybridized carbons (Fsp3) is 0.893. The topological polar surface area (TPSA) is 89.9 Å². The van der Waals surface area contributed by atoms with Crippen molar-refractivity contribution in [2.45, 2.75) is 111 Å². The van der Waals surface area contributed by atoms with Crippen LogP contribution in [0.2, 0.25) is 0 Å². The van der Waals surface area contributed by atoms with Crippen LogP contribution in [0.15, 0.2) is 0 Å². The van der Waals surface area contributed by atoms with Crippen LogP contribution < -0.4 is 0 Å². The Hall–Kier alpha value is -1.59. The van der Waals surface area contributed by atoms with E-state index in [9.17, 15) is 19.5 Å². The van der Waals surface area contributed by atoms with Crippen LogP contribution >= 0.6 is 0 Å². The molecule has 0 radical (unpaired) electrons. The second-order valence-electron chi connectivity index (χ2n) is 12.5. The lowest BCUT2D eigenvalue weighted by atomic mass is 9.43. The summed E-state index contributed by atoms with van der Waals surface area (Å²) in [4.78, 5) is 35.0. The molecule has 0 spiro atoms. The zero-order valence-electron chi connectivity index (χ0n) is 21.7. The Morgan fingerprint density at radius 2 is 1.65 bits per heavy atom. The fourth-order valence-corrected chi connectivity index (χ4v) is 9.39. The summed E-state index contributed by atoms with van der Waals surface area (Å²) in [5, 5.41) is 9.24. The molecule has 1 unspecified atom stereocenters. The maximum absolute atomic E-state index is 12.3. The zero-order chi connectivity index (χ0) is 24.8. The molecule has 1 N–H and O–H groups in total. The van der Waals surface area contributed by atoms with E-state index >= 15 is 0 Å². The number of ether oxygens (including phenoxy) is 2. The van der Waals surface area contributed by atoms with Crippen LogP contribution in [-0.4, -0.2) is 35.2 Å². The molecular weight excluding hydrogens is 432 g/mol. The molecule has 0 bridgehead atoms. The predicted molar refractivity (Wildman–Crippen MR) is 128 cm³/mol. The van der Waals surface area contributed by atoms with Crippen LogP contribution in [0.3, 0.4) is 0 Å². The third-order valence-corrected chi connectivity index (χ3v) is 10.9. The van der Waals surface area contributed by atoms with Crippen molar-refractivity contribution >= 4 is 17.9 Å². The number of carboxylic acids is 1. The summed E-state index contributed by atoms with van der Waals surface area (Å²) in [5.41, 5.74) is 0.0925. The zero-order valence-corrected chi connectivity index (χ0v) is 21.7. The summed E-state index contributed by atoms with van der Waals surface area (Å²) in [6.07, 6.45) is 9.27. The molecule has 34 heavy (non-hydrogen) atoms. The first-order valence-corrected chi connectivity index (χ1v) is 13.5. The Kier molecular flexibility index (Phi) is 7.10. The molecular formula is C28H44O6. The van der Waals surface area contributed by atoms with Crippen LogP contribution in [0.25, 0.3) is 0 Å². The summed E-state index contributed by atoms with van der Waals surface area (Å²) in [6, 6.07) is 0. The number of hydrogen-bond donors (Lipinski definition) is 1. The van der Waals surface area contributed by atoms with Gasteiger partial charge in [0.2, 0.25) is 0 Å². The van der Waals surface area contributed by atoms with Gasteiger partial charge in [0, 0.05) is 25.7 Å². The van der Waals surface area contributed by atoms with E-state index < -0.39 is 5.97 Å². The summed E-state index contributed by atoms with van der Waals surface area (Å²) < 4.78 is 11.7. The second kappa shape index (κ2) is 9.46. The number of fused-ring (bicyclic) bond motifs is 5. The molecule has 4 rings (SSSR count). The number of aliphatic carboxylic acids is 1. The molecule has 0 aromatic heterocycles. The van der Waals surface area contributed by atoms with Gasteiger partial charge in [-0.05, 0) is 98.7 Å². The smallest absolute Gasteiger partial charge is 0.303 e. The van der Waals surface area contributed by atoms with Crippen molar-refractivity contribution in [1.82, 2.24) is 0 Å². The van der Waals surface area contributed by atoms with E-state index in [-0.39, 0.29) is 41.4 Å². The van der Waals surface area contributed by atoms with E-state index in [0.717, 1.165) is 38.5 Å². The largest absolute Gasteiger partial charge is 0.481 e. The van der Waals surface area contributed by atoms with Gasteiger partial charge in [-0.15, -0.1) is 0 Å². The minimum Gasteiger partial charge on any atom is -0.481 e. The van der Waals surface area contributed by atoms with Gasteiger partial charge in [-0.1, -0.05) is 20.8 Å². The molecule has 4 aliphatic rings. The van der Waals surface area contributed by atoms with Crippen molar-refractivity contribution in [2.75, 3.05) is 0 Å². The van der Waals surface area contributed by atoms with Crippen molar-refractivity contribution in [3.8, 4) is 0 Å². The molecule has 0 heterocycles. The van der Waals surface area contributed by atoms with Gasteiger partial charge in [-0.25, -0.2) is 0 Å². The number of carbonyl (C=O) groups is 3. The first-order valence-electron chi connectivity index (χ1n) is 13.5. The van der Waals surface area contributed by atoms with Gasteiger partial charge in [-0.2, -0.15) is 0 Å². The SMILES string of the molecule is CC(=O)OC1CC[C@@]2(C)[C@H](CC[C@@H]3[C@@H]2C[C@H](OC(C)=O)[C@]2(C)[C@@H]([C@H](C)CCC(=O)O)CC[C@@H]32)C1. The molecule has 0 aromatic carbocycles. The summed E-state index contributed by atoms with van der Waals surface area (Å²) in [6.45, 7) is 10.0. The lowest BCUT2D eigenvalue weighted by molar-refractivity contribution is -0.197. The van der Waals surface area contributed by atoms with Crippen LogP contribution in [0.1, 0.15) is 98.8 Å². The lowest BCUT2D eigenvalue weighted by Crippen LogP contribution is -2.59. The molecule has 6 heteroatoms. The molecule has 0 amide bonds. The second-order valence-corrected chi connectivity index (χ2v) is 12.5. The van der Waals surface area contributed by atoms with E-state index in [1.54, 1.807) is 0 Å². The Morgan fingerprint density at radius 1 is 0.941 bits per heavy atom. The number of carboxylic acid groups (broad SMARTS) is 1. The quantitative estimate of drug-likeness (QED) is 0.501. The Morgan fingerprint density at radius 3 is 2.29 bits per heavy atom. The van der Waals surface area contributed by atoms with E-state index in [1.807, 2.05) is 0 Å². The minimum atomic E-state index is -0.734. The van der Waals surface area contributed by atoms with Crippen LogP contribution in [0.4, 0.5) is 0 Å². The number of esters is 2. The molecule has 0 aromatic rings. The van der Waals surface area contributed by atoms with Gasteiger partial charge in [-0.3, -0.25) is 14.4 Å². The fourth-order valence-electron chi connectivity index (χ4n) is 9.39. The van der Waals surface area contributed by atoms with Gasteiger partial charge in [0.05, 0.1) is 0 Å². The van der Waals surface area contributed by atoms with Gasteiger partial charge in [0.15, 0.2) is 0 Å². The monoisotopic (exact) mass is 476 g/mol. The average molecular weight is 477 g/mol. The predicted octanol–water partition coefficient (Wildman–Crippen LogP) is 5.62. The normalized spacial score (nSPS) is 44.2. The van der Waals surface area contributed by atoms with Crippen LogP contribution in [-0.2, 0) is 23.9 Å². The highest BCUT2D eigenvalue weighted by Crippen LogP contribution is 2.69. The van der Waals surface area contributed by atoms with Gasteiger partial charge in [0.25, 0.3) is 0 Å². The minimum absolute atomic E-state index is 0.0381. The number of carbonyl (C=O) groups excluding carboxylic acids is 2. The summed E-state index contributed by atoms with van der Waals surface area (Å²) in [7, 11) is 0. The third-order valence-electron chi connectivity index (χ3n) is 10.9. The first-order chi connectivity index (χ1) is 16.0. The molecule has 4 fully saturated rings. The van der Waals surface area contributed by atoms with Crippen molar-refractivity contribution in [2.24, 2.45) is 46.3 Å². The van der Waals surface area contributed by atoms with E-state index in [2.05, 4.69) is 20.8 Å². The molecule has 192 valence electrons. The first kappa shape index (κ1) is 25.5. The molecule has 6 nitrogen and oxygen atoms in total. The summed E-state index contributed by atoms with van der Waals surface area (Å²) >= 11 is 0. The standard InChI is InChI=1S/C28H44O6/c1-16(6-11-26(31)32)22-9-10-23-21-8-7-19-14-20(33-17(2)29)12-13-27(19,4)24(21)15-25(28(22,23)5)34-18(3)30/h16,19-25H,6-15H2,1-5H3,(H,31,32)/t16-,19-,20?,21+,22-,23+,24+,25+,27+,28-/m1/s1. The highest BCUT2D eigenvalue weighted by molar-refractivity contribution is 5.67. The maximum atomic E-state index is 12.3. The van der Waals surface area contributed by atoms with E-state index in [1.165, 1.54) is 26.7 Å².